The van der Waals surface area contributed by atoms with Gasteiger partial charge in [0.2, 0.25) is 0 Å². The summed E-state index contributed by atoms with van der Waals surface area (Å²) in [7, 11) is 0. The molecular formula is C16H17F. The van der Waals surface area contributed by atoms with Gasteiger partial charge < -0.3 is 0 Å². The molecule has 0 heterocycles. The molecule has 0 fully saturated rings. The molecule has 1 heteroatoms. The molecule has 0 radical (unpaired) electrons. The van der Waals surface area contributed by atoms with Gasteiger partial charge in [-0.1, -0.05) is 61.4 Å². The van der Waals surface area contributed by atoms with Gasteiger partial charge in [0.25, 0.3) is 0 Å². The number of benzene rings is 2. The summed E-state index contributed by atoms with van der Waals surface area (Å²) in [6, 6.07) is 13.6. The minimum atomic E-state index is -0.0711. The van der Waals surface area contributed by atoms with Crippen LogP contribution in [0, 0.1) is 12.7 Å². The standard InChI is InChI=1S/C16H17F/c1-3-5-14-6-4-7-15(16(14)17)13-10-8-12(2)9-11-13/h4,6-11H,3,5H2,1-2H3. The van der Waals surface area contributed by atoms with Crippen LogP contribution in [0.15, 0.2) is 42.5 Å². The summed E-state index contributed by atoms with van der Waals surface area (Å²) in [6.07, 6.45) is 1.76. The van der Waals surface area contributed by atoms with Crippen molar-refractivity contribution in [3.05, 3.63) is 59.4 Å². The van der Waals surface area contributed by atoms with E-state index in [4.69, 9.17) is 0 Å². The Balaban J connectivity index is 2.45. The minimum absolute atomic E-state index is 0.0711. The maximum atomic E-state index is 14.2. The molecule has 0 aliphatic carbocycles. The van der Waals surface area contributed by atoms with E-state index in [1.54, 1.807) is 0 Å². The van der Waals surface area contributed by atoms with Crippen molar-refractivity contribution in [2.75, 3.05) is 0 Å². The van der Waals surface area contributed by atoms with Crippen LogP contribution in [0.5, 0.6) is 0 Å². The molecule has 0 aliphatic rings. The van der Waals surface area contributed by atoms with Crippen molar-refractivity contribution in [2.45, 2.75) is 26.7 Å². The van der Waals surface area contributed by atoms with Gasteiger partial charge in [-0.3, -0.25) is 0 Å². The molecule has 88 valence electrons. The number of halogens is 1. The second-order valence-electron chi connectivity index (χ2n) is 4.39. The molecular weight excluding hydrogens is 211 g/mol. The third-order valence-electron chi connectivity index (χ3n) is 2.96. The van der Waals surface area contributed by atoms with E-state index >= 15 is 0 Å². The normalized spacial score (nSPS) is 10.5. The van der Waals surface area contributed by atoms with Crippen LogP contribution in [0.2, 0.25) is 0 Å². The monoisotopic (exact) mass is 228 g/mol. The molecule has 0 unspecified atom stereocenters. The van der Waals surface area contributed by atoms with Crippen molar-refractivity contribution in [1.82, 2.24) is 0 Å². The average molecular weight is 228 g/mol. The van der Waals surface area contributed by atoms with E-state index in [9.17, 15) is 4.39 Å². The highest BCUT2D eigenvalue weighted by Crippen LogP contribution is 2.25. The lowest BCUT2D eigenvalue weighted by atomic mass is 9.99. The highest BCUT2D eigenvalue weighted by molar-refractivity contribution is 5.65. The third kappa shape index (κ3) is 2.55. The highest BCUT2D eigenvalue weighted by Gasteiger charge is 2.08. The van der Waals surface area contributed by atoms with Gasteiger partial charge in [0.1, 0.15) is 5.82 Å². The number of aryl methyl sites for hydroxylation is 2. The first-order valence-electron chi connectivity index (χ1n) is 6.07. The van der Waals surface area contributed by atoms with Crippen LogP contribution < -0.4 is 0 Å². The summed E-state index contributed by atoms with van der Waals surface area (Å²) in [5.41, 5.74) is 3.66. The van der Waals surface area contributed by atoms with Crippen molar-refractivity contribution in [1.29, 1.82) is 0 Å². The van der Waals surface area contributed by atoms with Crippen molar-refractivity contribution in [3.8, 4) is 11.1 Å². The van der Waals surface area contributed by atoms with Crippen LogP contribution >= 0.6 is 0 Å². The lowest BCUT2D eigenvalue weighted by Gasteiger charge is -2.08. The van der Waals surface area contributed by atoms with Crippen molar-refractivity contribution in [3.63, 3.8) is 0 Å². The van der Waals surface area contributed by atoms with Crippen LogP contribution in [0.4, 0.5) is 4.39 Å². The lowest BCUT2D eigenvalue weighted by Crippen LogP contribution is -1.93. The average Bonchev–Trinajstić information content (AvgIpc) is 2.34. The largest absolute Gasteiger partial charge is 0.206 e. The summed E-state index contributed by atoms with van der Waals surface area (Å²) in [4.78, 5) is 0. The molecule has 0 saturated heterocycles. The zero-order valence-corrected chi connectivity index (χ0v) is 10.3. The Hall–Kier alpha value is -1.63. The summed E-state index contributed by atoms with van der Waals surface area (Å²) < 4.78 is 14.2. The molecule has 2 rings (SSSR count). The van der Waals surface area contributed by atoms with Gasteiger partial charge in [-0.2, -0.15) is 0 Å². The van der Waals surface area contributed by atoms with E-state index in [1.807, 2.05) is 49.4 Å². The van der Waals surface area contributed by atoms with Gasteiger partial charge in [0.05, 0.1) is 0 Å². The summed E-state index contributed by atoms with van der Waals surface area (Å²) in [5, 5.41) is 0. The van der Waals surface area contributed by atoms with Crippen LogP contribution in [0.1, 0.15) is 24.5 Å². The van der Waals surface area contributed by atoms with Gasteiger partial charge in [0, 0.05) is 5.56 Å². The minimum Gasteiger partial charge on any atom is -0.206 e. The Labute approximate surface area is 102 Å². The van der Waals surface area contributed by atoms with Gasteiger partial charge in [-0.25, -0.2) is 4.39 Å². The fraction of sp³-hybridized carbons (Fsp3) is 0.250. The number of hydrogen-bond donors (Lipinski definition) is 0. The Bertz CT molecular complexity index is 497. The van der Waals surface area contributed by atoms with E-state index in [-0.39, 0.29) is 5.82 Å². The predicted molar refractivity (Wildman–Crippen MR) is 70.6 cm³/mol. The van der Waals surface area contributed by atoms with Gasteiger partial charge in [0.15, 0.2) is 0 Å². The zero-order valence-electron chi connectivity index (χ0n) is 10.3. The van der Waals surface area contributed by atoms with Crippen LogP contribution in [0.25, 0.3) is 11.1 Å². The summed E-state index contributed by atoms with van der Waals surface area (Å²) >= 11 is 0. The fourth-order valence-corrected chi connectivity index (χ4v) is 2.00. The Morgan fingerprint density at radius 2 is 1.71 bits per heavy atom. The number of rotatable bonds is 3. The molecule has 0 aliphatic heterocycles. The molecule has 0 saturated carbocycles. The summed E-state index contributed by atoms with van der Waals surface area (Å²) in [6.45, 7) is 4.10. The van der Waals surface area contributed by atoms with Crippen LogP contribution in [-0.4, -0.2) is 0 Å². The maximum Gasteiger partial charge on any atom is 0.134 e. The smallest absolute Gasteiger partial charge is 0.134 e. The van der Waals surface area contributed by atoms with Crippen LogP contribution in [-0.2, 0) is 6.42 Å². The lowest BCUT2D eigenvalue weighted by molar-refractivity contribution is 0.611. The van der Waals surface area contributed by atoms with Gasteiger partial charge in [-0.05, 0) is 24.5 Å². The van der Waals surface area contributed by atoms with Crippen molar-refractivity contribution in [2.24, 2.45) is 0 Å². The van der Waals surface area contributed by atoms with E-state index in [2.05, 4.69) is 6.92 Å². The first-order chi connectivity index (χ1) is 8.22. The fourth-order valence-electron chi connectivity index (χ4n) is 2.00. The quantitative estimate of drug-likeness (QED) is 0.711. The van der Waals surface area contributed by atoms with E-state index in [0.717, 1.165) is 24.0 Å². The number of hydrogen-bond acceptors (Lipinski definition) is 0. The molecule has 0 amide bonds. The molecule has 0 atom stereocenters. The molecule has 17 heavy (non-hydrogen) atoms. The maximum absolute atomic E-state index is 14.2. The topological polar surface area (TPSA) is 0 Å². The molecule has 0 spiro atoms. The van der Waals surface area contributed by atoms with E-state index in [0.29, 0.717) is 5.56 Å². The molecule has 0 N–H and O–H groups in total. The Kier molecular flexibility index (Phi) is 3.58. The Morgan fingerprint density at radius 3 is 2.35 bits per heavy atom. The summed E-state index contributed by atoms with van der Waals surface area (Å²) in [5.74, 6) is -0.0711. The molecule has 0 aromatic heterocycles. The van der Waals surface area contributed by atoms with Crippen molar-refractivity contribution < 1.29 is 4.39 Å². The predicted octanol–water partition coefficient (Wildman–Crippen LogP) is 4.75. The van der Waals surface area contributed by atoms with E-state index < -0.39 is 0 Å². The van der Waals surface area contributed by atoms with Crippen LogP contribution in [0.3, 0.4) is 0 Å². The van der Waals surface area contributed by atoms with Gasteiger partial charge in [-0.15, -0.1) is 0 Å². The first-order valence-corrected chi connectivity index (χ1v) is 6.07. The zero-order chi connectivity index (χ0) is 12.3. The molecule has 0 bridgehead atoms. The van der Waals surface area contributed by atoms with E-state index in [1.165, 1.54) is 5.56 Å². The third-order valence-corrected chi connectivity index (χ3v) is 2.96. The SMILES string of the molecule is CCCc1cccc(-c2ccc(C)cc2)c1F. The molecule has 2 aromatic carbocycles. The first kappa shape index (κ1) is 11.8. The second-order valence-corrected chi connectivity index (χ2v) is 4.39. The molecule has 2 aromatic rings. The second kappa shape index (κ2) is 5.13. The molecule has 0 nitrogen and oxygen atoms in total. The Morgan fingerprint density at radius 1 is 1.00 bits per heavy atom. The van der Waals surface area contributed by atoms with Gasteiger partial charge >= 0.3 is 0 Å². The van der Waals surface area contributed by atoms with Crippen molar-refractivity contribution >= 4 is 0 Å². The highest BCUT2D eigenvalue weighted by atomic mass is 19.1.